The first-order valence-corrected chi connectivity index (χ1v) is 10.9. The van der Waals surface area contributed by atoms with E-state index in [0.717, 1.165) is 51.8 Å². The summed E-state index contributed by atoms with van der Waals surface area (Å²) in [6.07, 6.45) is 10.7. The fourth-order valence-electron chi connectivity index (χ4n) is 4.14. The summed E-state index contributed by atoms with van der Waals surface area (Å²) < 4.78 is 0. The Labute approximate surface area is 164 Å². The van der Waals surface area contributed by atoms with Crippen molar-refractivity contribution in [3.05, 3.63) is 27.9 Å². The van der Waals surface area contributed by atoms with Crippen LogP contribution in [0.15, 0.2) is 11.6 Å². The van der Waals surface area contributed by atoms with Crippen LogP contribution < -0.4 is 10.2 Å². The van der Waals surface area contributed by atoms with Gasteiger partial charge in [-0.3, -0.25) is 4.79 Å². The number of allylic oxidation sites excluding steroid dienone is 1. The van der Waals surface area contributed by atoms with Gasteiger partial charge in [-0.25, -0.2) is 9.97 Å². The number of amides is 1. The standard InChI is InChI=1S/C21H28N4OS/c1-14-17-19(25-12-6-7-13-25)23-15(2)24-21(17)27-18(14)20(26)22-11-10-16-8-4-3-5-9-16/h8H,3-7,9-13H2,1-2H3,(H,22,26). The summed E-state index contributed by atoms with van der Waals surface area (Å²) >= 11 is 1.50. The van der Waals surface area contributed by atoms with Crippen LogP contribution in [0.25, 0.3) is 10.2 Å². The lowest BCUT2D eigenvalue weighted by molar-refractivity contribution is 0.0957. The number of fused-ring (bicyclic) bond motifs is 1. The van der Waals surface area contributed by atoms with Gasteiger partial charge in [-0.05, 0) is 64.4 Å². The quantitative estimate of drug-likeness (QED) is 0.770. The Morgan fingerprint density at radius 1 is 1.19 bits per heavy atom. The molecule has 2 aromatic rings. The van der Waals surface area contributed by atoms with Gasteiger partial charge in [-0.2, -0.15) is 0 Å². The van der Waals surface area contributed by atoms with Gasteiger partial charge in [0.25, 0.3) is 5.91 Å². The van der Waals surface area contributed by atoms with Crippen molar-refractivity contribution in [2.45, 2.75) is 58.8 Å². The van der Waals surface area contributed by atoms with Gasteiger partial charge in [0.15, 0.2) is 0 Å². The monoisotopic (exact) mass is 384 g/mol. The number of carbonyl (C=O) groups excluding carboxylic acids is 1. The van der Waals surface area contributed by atoms with Crippen molar-refractivity contribution >= 4 is 33.3 Å². The highest BCUT2D eigenvalue weighted by Crippen LogP contribution is 2.36. The maximum absolute atomic E-state index is 12.8. The van der Waals surface area contributed by atoms with E-state index in [4.69, 9.17) is 4.98 Å². The molecule has 144 valence electrons. The Bertz CT molecular complexity index is 880. The van der Waals surface area contributed by atoms with Crippen LogP contribution in [0.3, 0.4) is 0 Å². The second kappa shape index (κ2) is 7.97. The average molecular weight is 385 g/mol. The Balaban J connectivity index is 1.54. The van der Waals surface area contributed by atoms with Crippen molar-refractivity contribution in [3.63, 3.8) is 0 Å². The molecule has 0 spiro atoms. The number of nitrogens with one attached hydrogen (secondary N) is 1. The summed E-state index contributed by atoms with van der Waals surface area (Å²) in [7, 11) is 0. The number of rotatable bonds is 5. The topological polar surface area (TPSA) is 58.1 Å². The SMILES string of the molecule is Cc1nc(N2CCCC2)c2c(C)c(C(=O)NCCC3=CCCCC3)sc2n1. The Hall–Kier alpha value is -1.95. The van der Waals surface area contributed by atoms with Crippen molar-refractivity contribution in [1.82, 2.24) is 15.3 Å². The van der Waals surface area contributed by atoms with Crippen molar-refractivity contribution in [2.24, 2.45) is 0 Å². The van der Waals surface area contributed by atoms with Crippen molar-refractivity contribution in [3.8, 4) is 0 Å². The fourth-order valence-corrected chi connectivity index (χ4v) is 5.28. The molecule has 0 atom stereocenters. The van der Waals surface area contributed by atoms with E-state index in [9.17, 15) is 4.79 Å². The molecule has 1 aliphatic heterocycles. The number of aromatic nitrogens is 2. The zero-order chi connectivity index (χ0) is 18.8. The van der Waals surface area contributed by atoms with E-state index in [1.165, 1.54) is 55.4 Å². The van der Waals surface area contributed by atoms with E-state index in [-0.39, 0.29) is 5.91 Å². The van der Waals surface area contributed by atoms with Gasteiger partial charge < -0.3 is 10.2 Å². The molecule has 1 saturated heterocycles. The molecule has 6 heteroatoms. The highest BCUT2D eigenvalue weighted by Gasteiger charge is 2.24. The van der Waals surface area contributed by atoms with E-state index >= 15 is 0 Å². The third kappa shape index (κ3) is 3.86. The van der Waals surface area contributed by atoms with E-state index in [2.05, 4.69) is 21.3 Å². The van der Waals surface area contributed by atoms with Crippen LogP contribution in [0.1, 0.15) is 66.0 Å². The molecule has 0 aromatic carbocycles. The predicted octanol–water partition coefficient (Wildman–Crippen LogP) is 4.53. The maximum atomic E-state index is 12.8. The van der Waals surface area contributed by atoms with E-state index in [1.54, 1.807) is 0 Å². The second-order valence-electron chi connectivity index (χ2n) is 7.64. The molecule has 1 fully saturated rings. The first kappa shape index (κ1) is 18.4. The second-order valence-corrected chi connectivity index (χ2v) is 8.64. The molecule has 0 saturated carbocycles. The number of aryl methyl sites for hydroxylation is 2. The van der Waals surface area contributed by atoms with Crippen molar-refractivity contribution in [2.75, 3.05) is 24.5 Å². The van der Waals surface area contributed by atoms with E-state index in [1.807, 2.05) is 13.8 Å². The Morgan fingerprint density at radius 3 is 2.74 bits per heavy atom. The van der Waals surface area contributed by atoms with Crippen LogP contribution in [0, 0.1) is 13.8 Å². The van der Waals surface area contributed by atoms with Gasteiger partial charge in [0.1, 0.15) is 16.5 Å². The van der Waals surface area contributed by atoms with Crippen LogP contribution in [0.4, 0.5) is 5.82 Å². The van der Waals surface area contributed by atoms with Gasteiger partial charge in [0.2, 0.25) is 0 Å². The van der Waals surface area contributed by atoms with Gasteiger partial charge in [-0.15, -0.1) is 11.3 Å². The third-order valence-corrected chi connectivity index (χ3v) is 6.80. The van der Waals surface area contributed by atoms with Crippen LogP contribution in [0.2, 0.25) is 0 Å². The average Bonchev–Trinajstić information content (AvgIpc) is 3.30. The molecule has 1 amide bonds. The number of anilines is 1. The lowest BCUT2D eigenvalue weighted by Crippen LogP contribution is -2.24. The molecule has 0 bridgehead atoms. The predicted molar refractivity (Wildman–Crippen MR) is 112 cm³/mol. The molecule has 3 heterocycles. The molecule has 4 rings (SSSR count). The zero-order valence-corrected chi connectivity index (χ0v) is 17.1. The number of thiophene rings is 1. The minimum atomic E-state index is 0.0249. The Morgan fingerprint density at radius 2 is 2.00 bits per heavy atom. The molecule has 5 nitrogen and oxygen atoms in total. The third-order valence-electron chi connectivity index (χ3n) is 5.61. The summed E-state index contributed by atoms with van der Waals surface area (Å²) in [6.45, 7) is 6.76. The molecule has 1 N–H and O–H groups in total. The van der Waals surface area contributed by atoms with Crippen LogP contribution >= 0.6 is 11.3 Å². The molecule has 0 unspecified atom stereocenters. The number of nitrogens with zero attached hydrogens (tertiary/aromatic N) is 3. The van der Waals surface area contributed by atoms with Crippen LogP contribution in [0.5, 0.6) is 0 Å². The van der Waals surface area contributed by atoms with Gasteiger partial charge >= 0.3 is 0 Å². The molecule has 27 heavy (non-hydrogen) atoms. The smallest absolute Gasteiger partial charge is 0.261 e. The molecular formula is C21H28N4OS. The number of hydrogen-bond acceptors (Lipinski definition) is 5. The van der Waals surface area contributed by atoms with Crippen molar-refractivity contribution in [1.29, 1.82) is 0 Å². The van der Waals surface area contributed by atoms with Crippen LogP contribution in [-0.2, 0) is 0 Å². The van der Waals surface area contributed by atoms with Gasteiger partial charge in [-0.1, -0.05) is 11.6 Å². The summed E-state index contributed by atoms with van der Waals surface area (Å²) in [6, 6.07) is 0. The van der Waals surface area contributed by atoms with Crippen LogP contribution in [-0.4, -0.2) is 35.5 Å². The number of hydrogen-bond donors (Lipinski definition) is 1. The highest BCUT2D eigenvalue weighted by atomic mass is 32.1. The first-order chi connectivity index (χ1) is 13.1. The minimum Gasteiger partial charge on any atom is -0.356 e. The number of carbonyl (C=O) groups is 1. The molecule has 2 aromatic heterocycles. The van der Waals surface area contributed by atoms with Gasteiger partial charge in [0, 0.05) is 19.6 Å². The zero-order valence-electron chi connectivity index (χ0n) is 16.3. The lowest BCUT2D eigenvalue weighted by atomic mass is 9.97. The summed E-state index contributed by atoms with van der Waals surface area (Å²) in [4.78, 5) is 26.2. The Kier molecular flexibility index (Phi) is 5.43. The molecule has 0 radical (unpaired) electrons. The largest absolute Gasteiger partial charge is 0.356 e. The van der Waals surface area contributed by atoms with E-state index in [0.29, 0.717) is 6.54 Å². The fraction of sp³-hybridized carbons (Fsp3) is 0.571. The molecular weight excluding hydrogens is 356 g/mol. The van der Waals surface area contributed by atoms with Crippen molar-refractivity contribution < 1.29 is 4.79 Å². The highest BCUT2D eigenvalue weighted by molar-refractivity contribution is 7.20. The summed E-state index contributed by atoms with van der Waals surface area (Å²) in [5, 5.41) is 4.18. The maximum Gasteiger partial charge on any atom is 0.261 e. The minimum absolute atomic E-state index is 0.0249. The lowest BCUT2D eigenvalue weighted by Gasteiger charge is -2.18. The molecule has 1 aliphatic carbocycles. The molecule has 2 aliphatic rings. The normalized spacial score (nSPS) is 17.4. The van der Waals surface area contributed by atoms with Gasteiger partial charge in [0.05, 0.1) is 10.3 Å². The van der Waals surface area contributed by atoms with E-state index < -0.39 is 0 Å². The first-order valence-electron chi connectivity index (χ1n) is 10.1. The summed E-state index contributed by atoms with van der Waals surface area (Å²) in [5.41, 5.74) is 2.51. The summed E-state index contributed by atoms with van der Waals surface area (Å²) in [5.74, 6) is 1.81.